The first-order valence-electron chi connectivity index (χ1n) is 9.74. The van der Waals surface area contributed by atoms with Crippen LogP contribution in [0.2, 0.25) is 0 Å². The highest BCUT2D eigenvalue weighted by molar-refractivity contribution is 5.85. The van der Waals surface area contributed by atoms with E-state index in [1.807, 2.05) is 18.7 Å². The van der Waals surface area contributed by atoms with Gasteiger partial charge in [-0.25, -0.2) is 13.6 Å². The summed E-state index contributed by atoms with van der Waals surface area (Å²) in [7, 11) is 0. The van der Waals surface area contributed by atoms with Crippen molar-refractivity contribution in [2.45, 2.75) is 65.6 Å². The van der Waals surface area contributed by atoms with Gasteiger partial charge in [0.05, 0.1) is 6.04 Å². The SMILES string of the molecule is CC(C)CN(C[C@H](Cc1cc(F)cc(F)c1)NC(=O)OC(C)(C)C)[C@@H](C)C(N)=O.Cl. The molecule has 0 fully saturated rings. The van der Waals surface area contributed by atoms with E-state index >= 15 is 0 Å². The molecular weight excluding hydrogens is 416 g/mol. The lowest BCUT2D eigenvalue weighted by Gasteiger charge is -2.33. The van der Waals surface area contributed by atoms with E-state index in [9.17, 15) is 18.4 Å². The molecule has 0 saturated heterocycles. The van der Waals surface area contributed by atoms with E-state index in [1.165, 1.54) is 12.1 Å². The van der Waals surface area contributed by atoms with Crippen LogP contribution in [0.3, 0.4) is 0 Å². The van der Waals surface area contributed by atoms with Crippen LogP contribution in [0.1, 0.15) is 47.1 Å². The van der Waals surface area contributed by atoms with Gasteiger partial charge in [0.25, 0.3) is 0 Å². The van der Waals surface area contributed by atoms with E-state index < -0.39 is 41.3 Å². The number of hydrogen-bond donors (Lipinski definition) is 2. The Hall–Kier alpha value is -1.93. The van der Waals surface area contributed by atoms with Gasteiger partial charge in [-0.1, -0.05) is 13.8 Å². The Morgan fingerprint density at radius 3 is 2.07 bits per heavy atom. The summed E-state index contributed by atoms with van der Waals surface area (Å²) in [6.07, 6.45) is -0.482. The minimum Gasteiger partial charge on any atom is -0.444 e. The Kier molecular flexibility index (Phi) is 11.3. The molecule has 2 amide bonds. The summed E-state index contributed by atoms with van der Waals surface area (Å²) in [5.41, 5.74) is 5.17. The molecule has 2 atom stereocenters. The molecule has 30 heavy (non-hydrogen) atoms. The first-order chi connectivity index (χ1) is 13.3. The van der Waals surface area contributed by atoms with E-state index in [4.69, 9.17) is 10.5 Å². The molecule has 172 valence electrons. The van der Waals surface area contributed by atoms with Crippen molar-refractivity contribution in [3.05, 3.63) is 35.4 Å². The second kappa shape index (κ2) is 12.1. The molecule has 3 N–H and O–H groups in total. The van der Waals surface area contributed by atoms with Gasteiger partial charge in [-0.05, 0) is 57.7 Å². The number of benzene rings is 1. The molecule has 0 bridgehead atoms. The number of carbonyl (C=O) groups is 2. The number of hydrogen-bond acceptors (Lipinski definition) is 4. The monoisotopic (exact) mass is 449 g/mol. The highest BCUT2D eigenvalue weighted by Gasteiger charge is 2.26. The van der Waals surface area contributed by atoms with Crippen molar-refractivity contribution < 1.29 is 23.1 Å². The van der Waals surface area contributed by atoms with Crippen LogP contribution in [0.25, 0.3) is 0 Å². The van der Waals surface area contributed by atoms with Gasteiger partial charge >= 0.3 is 6.09 Å². The largest absolute Gasteiger partial charge is 0.444 e. The Morgan fingerprint density at radius 1 is 1.10 bits per heavy atom. The van der Waals surface area contributed by atoms with Crippen LogP contribution in [0, 0.1) is 17.6 Å². The first-order valence-corrected chi connectivity index (χ1v) is 9.74. The number of nitrogens with zero attached hydrogens (tertiary/aromatic N) is 1. The van der Waals surface area contributed by atoms with Crippen LogP contribution < -0.4 is 11.1 Å². The lowest BCUT2D eigenvalue weighted by molar-refractivity contribution is -0.122. The summed E-state index contributed by atoms with van der Waals surface area (Å²) < 4.78 is 32.5. The number of primary amides is 1. The van der Waals surface area contributed by atoms with Crippen molar-refractivity contribution in [3.8, 4) is 0 Å². The quantitative estimate of drug-likeness (QED) is 0.602. The molecular formula is C21H34ClF2N3O3. The molecule has 1 rings (SSSR count). The van der Waals surface area contributed by atoms with Crippen LogP contribution >= 0.6 is 12.4 Å². The molecule has 6 nitrogen and oxygen atoms in total. The van der Waals surface area contributed by atoms with Crippen molar-refractivity contribution in [3.63, 3.8) is 0 Å². The van der Waals surface area contributed by atoms with Gasteiger partial charge < -0.3 is 15.8 Å². The number of carbonyl (C=O) groups excluding carboxylic acids is 2. The van der Waals surface area contributed by atoms with Crippen molar-refractivity contribution >= 4 is 24.4 Å². The Morgan fingerprint density at radius 2 is 1.63 bits per heavy atom. The molecule has 0 aromatic heterocycles. The number of alkyl carbamates (subject to hydrolysis) is 1. The third-order valence-electron chi connectivity index (χ3n) is 4.14. The zero-order valence-electron chi connectivity index (χ0n) is 18.5. The number of ether oxygens (including phenoxy) is 1. The third-order valence-corrected chi connectivity index (χ3v) is 4.14. The normalized spacial score (nSPS) is 13.5. The van der Waals surface area contributed by atoms with Crippen molar-refractivity contribution in [1.82, 2.24) is 10.2 Å². The summed E-state index contributed by atoms with van der Waals surface area (Å²) in [5, 5.41) is 2.76. The highest BCUT2D eigenvalue weighted by Crippen LogP contribution is 2.14. The summed E-state index contributed by atoms with van der Waals surface area (Å²) in [6, 6.07) is 2.12. The molecule has 1 aromatic carbocycles. The number of nitrogens with one attached hydrogen (secondary N) is 1. The first kappa shape index (κ1) is 28.1. The number of rotatable bonds is 9. The minimum absolute atomic E-state index is 0. The molecule has 0 radical (unpaired) electrons. The van der Waals surface area contributed by atoms with E-state index in [0.717, 1.165) is 6.07 Å². The summed E-state index contributed by atoms with van der Waals surface area (Å²) >= 11 is 0. The van der Waals surface area contributed by atoms with Crippen LogP contribution in [-0.2, 0) is 16.0 Å². The standard InChI is InChI=1S/C21H33F2N3O3.ClH/c1-13(2)11-26(14(3)19(24)27)12-18(25-20(28)29-21(4,5)6)9-15-7-16(22)10-17(23)8-15;/h7-8,10,13-14,18H,9,11-12H2,1-6H3,(H2,24,27)(H,25,28);1H/t14-,18-;/m0./s1. The molecule has 0 aliphatic heterocycles. The van der Waals surface area contributed by atoms with Crippen molar-refractivity contribution in [1.29, 1.82) is 0 Å². The van der Waals surface area contributed by atoms with Gasteiger partial charge in [-0.3, -0.25) is 9.69 Å². The van der Waals surface area contributed by atoms with Crippen LogP contribution in [0.4, 0.5) is 13.6 Å². The number of nitrogens with two attached hydrogens (primary N) is 1. The Bertz CT molecular complexity index is 691. The average Bonchev–Trinajstić information content (AvgIpc) is 2.49. The number of halogens is 3. The molecule has 0 aliphatic carbocycles. The molecule has 0 unspecified atom stereocenters. The van der Waals surface area contributed by atoms with Gasteiger partial charge in [-0.15, -0.1) is 12.4 Å². The van der Waals surface area contributed by atoms with Crippen LogP contribution in [0.15, 0.2) is 18.2 Å². The van der Waals surface area contributed by atoms with Gasteiger partial charge in [0.2, 0.25) is 5.91 Å². The summed E-state index contributed by atoms with van der Waals surface area (Å²) in [6.45, 7) is 11.7. The zero-order chi connectivity index (χ0) is 22.4. The molecule has 0 spiro atoms. The molecule has 0 heterocycles. The number of amides is 2. The third kappa shape index (κ3) is 10.7. The fraction of sp³-hybridized carbons (Fsp3) is 0.619. The Labute approximate surface area is 183 Å². The smallest absolute Gasteiger partial charge is 0.407 e. The molecule has 0 saturated carbocycles. The van der Waals surface area contributed by atoms with E-state index in [-0.39, 0.29) is 31.3 Å². The maximum Gasteiger partial charge on any atom is 0.407 e. The van der Waals surface area contributed by atoms with Gasteiger partial charge in [0.15, 0.2) is 0 Å². The minimum atomic E-state index is -0.697. The molecule has 1 aromatic rings. The lowest BCUT2D eigenvalue weighted by atomic mass is 10.0. The average molecular weight is 450 g/mol. The zero-order valence-corrected chi connectivity index (χ0v) is 19.3. The summed E-state index contributed by atoms with van der Waals surface area (Å²) in [5.74, 6) is -1.63. The Balaban J connectivity index is 0.00000841. The van der Waals surface area contributed by atoms with E-state index in [2.05, 4.69) is 5.32 Å². The predicted octanol–water partition coefficient (Wildman–Crippen LogP) is 3.65. The maximum atomic E-state index is 13.6. The maximum absolute atomic E-state index is 13.6. The lowest BCUT2D eigenvalue weighted by Crippen LogP contribution is -2.52. The van der Waals surface area contributed by atoms with Crippen LogP contribution in [-0.4, -0.2) is 47.7 Å². The predicted molar refractivity (Wildman–Crippen MR) is 116 cm³/mol. The van der Waals surface area contributed by atoms with E-state index in [1.54, 1.807) is 27.7 Å². The second-order valence-electron chi connectivity index (χ2n) is 8.75. The molecule has 0 aliphatic rings. The van der Waals surface area contributed by atoms with Crippen molar-refractivity contribution in [2.24, 2.45) is 11.7 Å². The highest BCUT2D eigenvalue weighted by atomic mass is 35.5. The molecule has 9 heteroatoms. The fourth-order valence-electron chi connectivity index (χ4n) is 2.97. The van der Waals surface area contributed by atoms with Gasteiger partial charge in [0, 0.05) is 25.2 Å². The topological polar surface area (TPSA) is 84.7 Å². The second-order valence-corrected chi connectivity index (χ2v) is 8.75. The van der Waals surface area contributed by atoms with Gasteiger partial charge in [0.1, 0.15) is 17.2 Å². The van der Waals surface area contributed by atoms with Gasteiger partial charge in [-0.2, -0.15) is 0 Å². The fourth-order valence-corrected chi connectivity index (χ4v) is 2.97. The van der Waals surface area contributed by atoms with Crippen molar-refractivity contribution in [2.75, 3.05) is 13.1 Å². The summed E-state index contributed by atoms with van der Waals surface area (Å²) in [4.78, 5) is 25.9. The van der Waals surface area contributed by atoms with Crippen LogP contribution in [0.5, 0.6) is 0 Å². The van der Waals surface area contributed by atoms with E-state index in [0.29, 0.717) is 12.1 Å².